The van der Waals surface area contributed by atoms with Crippen molar-refractivity contribution in [1.82, 2.24) is 0 Å². The lowest BCUT2D eigenvalue weighted by Crippen LogP contribution is -2.17. The Kier molecular flexibility index (Phi) is 5.41. The molecule has 1 atom stereocenters. The van der Waals surface area contributed by atoms with Crippen LogP contribution in [0.25, 0.3) is 6.08 Å². The second kappa shape index (κ2) is 7.49. The van der Waals surface area contributed by atoms with Gasteiger partial charge in [0.05, 0.1) is 20.1 Å². The first kappa shape index (κ1) is 16.6. The Morgan fingerprint density at radius 2 is 1.87 bits per heavy atom. The molecule has 0 fully saturated rings. The predicted molar refractivity (Wildman–Crippen MR) is 83.7 cm³/mol. The summed E-state index contributed by atoms with van der Waals surface area (Å²) in [5.74, 6) is -0.922. The molecule has 122 valence electrons. The van der Waals surface area contributed by atoms with Crippen LogP contribution in [0.5, 0.6) is 17.2 Å². The molecule has 0 saturated carbocycles. The van der Waals surface area contributed by atoms with E-state index in [0.717, 1.165) is 18.9 Å². The SMILES string of the molecule is COc1cc(/C=C/C(=O)O)cc(OC)c1OC(=O)C1C=CCC1. The van der Waals surface area contributed by atoms with Gasteiger partial charge in [-0.2, -0.15) is 0 Å². The molecule has 0 saturated heterocycles. The van der Waals surface area contributed by atoms with Crippen molar-refractivity contribution in [2.75, 3.05) is 14.2 Å². The minimum absolute atomic E-state index is 0.188. The maximum atomic E-state index is 12.2. The number of hydrogen-bond acceptors (Lipinski definition) is 5. The summed E-state index contributed by atoms with van der Waals surface area (Å²) < 4.78 is 15.9. The van der Waals surface area contributed by atoms with Gasteiger partial charge in [-0.25, -0.2) is 4.79 Å². The zero-order valence-electron chi connectivity index (χ0n) is 12.9. The highest BCUT2D eigenvalue weighted by Crippen LogP contribution is 2.39. The first-order valence-electron chi connectivity index (χ1n) is 7.10. The van der Waals surface area contributed by atoms with Crippen molar-refractivity contribution < 1.29 is 28.9 Å². The monoisotopic (exact) mass is 318 g/mol. The van der Waals surface area contributed by atoms with Gasteiger partial charge in [0, 0.05) is 6.08 Å². The highest BCUT2D eigenvalue weighted by molar-refractivity contribution is 5.86. The molecule has 0 aliphatic heterocycles. The standard InChI is InChI=1S/C17H18O6/c1-21-13-9-11(7-8-15(18)19)10-14(22-2)16(13)23-17(20)12-5-3-4-6-12/h3,5,7-10,12H,4,6H2,1-2H3,(H,18,19)/b8-7+. The Hall–Kier alpha value is -2.76. The molecule has 0 bridgehead atoms. The third kappa shape index (κ3) is 4.12. The first-order valence-corrected chi connectivity index (χ1v) is 7.10. The van der Waals surface area contributed by atoms with Crippen LogP contribution in [0, 0.1) is 5.92 Å². The van der Waals surface area contributed by atoms with Gasteiger partial charge in [-0.1, -0.05) is 12.2 Å². The number of ether oxygens (including phenoxy) is 3. The summed E-state index contributed by atoms with van der Waals surface area (Å²) in [7, 11) is 2.87. The van der Waals surface area contributed by atoms with Crippen molar-refractivity contribution in [3.05, 3.63) is 35.9 Å². The van der Waals surface area contributed by atoms with Gasteiger partial charge in [-0.3, -0.25) is 4.79 Å². The molecule has 2 rings (SSSR count). The number of allylic oxidation sites excluding steroid dienone is 1. The van der Waals surface area contributed by atoms with Gasteiger partial charge in [0.15, 0.2) is 11.5 Å². The molecular weight excluding hydrogens is 300 g/mol. The summed E-state index contributed by atoms with van der Waals surface area (Å²) in [5.41, 5.74) is 0.557. The molecule has 6 heteroatoms. The second-order valence-corrected chi connectivity index (χ2v) is 4.96. The van der Waals surface area contributed by atoms with Gasteiger partial charge in [-0.05, 0) is 36.6 Å². The topological polar surface area (TPSA) is 82.1 Å². The number of benzene rings is 1. The lowest BCUT2D eigenvalue weighted by molar-refractivity contribution is -0.137. The van der Waals surface area contributed by atoms with Crippen molar-refractivity contribution in [2.45, 2.75) is 12.8 Å². The molecule has 0 heterocycles. The number of hydrogen-bond donors (Lipinski definition) is 1. The van der Waals surface area contributed by atoms with E-state index < -0.39 is 5.97 Å². The van der Waals surface area contributed by atoms with Crippen molar-refractivity contribution in [3.8, 4) is 17.2 Å². The highest BCUT2D eigenvalue weighted by Gasteiger charge is 2.24. The first-order chi connectivity index (χ1) is 11.0. The molecule has 0 spiro atoms. The Balaban J connectivity index is 2.31. The van der Waals surface area contributed by atoms with E-state index in [2.05, 4.69) is 0 Å². The number of carboxylic acids is 1. The maximum absolute atomic E-state index is 12.2. The molecule has 1 aliphatic carbocycles. The minimum Gasteiger partial charge on any atom is -0.493 e. The summed E-state index contributed by atoms with van der Waals surface area (Å²) in [6.07, 6.45) is 7.75. The summed E-state index contributed by atoms with van der Waals surface area (Å²) in [6.45, 7) is 0. The minimum atomic E-state index is -1.06. The van der Waals surface area contributed by atoms with Gasteiger partial charge in [0.25, 0.3) is 0 Å². The fourth-order valence-electron chi connectivity index (χ4n) is 2.27. The lowest BCUT2D eigenvalue weighted by atomic mass is 10.1. The molecule has 1 aliphatic rings. The van der Waals surface area contributed by atoms with E-state index in [1.54, 1.807) is 12.1 Å². The normalized spacial score (nSPS) is 16.5. The average Bonchev–Trinajstić information content (AvgIpc) is 3.07. The second-order valence-electron chi connectivity index (χ2n) is 4.96. The fourth-order valence-corrected chi connectivity index (χ4v) is 2.27. The number of carbonyl (C=O) groups excluding carboxylic acids is 1. The maximum Gasteiger partial charge on any atom is 0.328 e. The summed E-state index contributed by atoms with van der Waals surface area (Å²) in [5, 5.41) is 8.70. The Bertz CT molecular complexity index is 634. The Labute approximate surface area is 134 Å². The fraction of sp³-hybridized carbons (Fsp3) is 0.294. The smallest absolute Gasteiger partial charge is 0.328 e. The van der Waals surface area contributed by atoms with Crippen LogP contribution < -0.4 is 14.2 Å². The van der Waals surface area contributed by atoms with Crippen LogP contribution in [0.3, 0.4) is 0 Å². The van der Waals surface area contributed by atoms with Crippen LogP contribution in [0.1, 0.15) is 18.4 Å². The summed E-state index contributed by atoms with van der Waals surface area (Å²) in [6, 6.07) is 3.16. The van der Waals surface area contributed by atoms with E-state index in [1.807, 2.05) is 12.2 Å². The zero-order chi connectivity index (χ0) is 16.8. The van der Waals surface area contributed by atoms with Crippen LogP contribution in [0.4, 0.5) is 0 Å². The van der Waals surface area contributed by atoms with Crippen molar-refractivity contribution in [2.24, 2.45) is 5.92 Å². The van der Waals surface area contributed by atoms with E-state index in [-0.39, 0.29) is 17.6 Å². The predicted octanol–water partition coefficient (Wildman–Crippen LogP) is 2.67. The van der Waals surface area contributed by atoms with E-state index in [9.17, 15) is 9.59 Å². The lowest BCUT2D eigenvalue weighted by Gasteiger charge is -2.15. The molecule has 0 amide bonds. The van der Waals surface area contributed by atoms with Crippen LogP contribution in [-0.4, -0.2) is 31.3 Å². The van der Waals surface area contributed by atoms with Gasteiger partial charge < -0.3 is 19.3 Å². The number of aliphatic carboxylic acids is 1. The molecule has 0 radical (unpaired) electrons. The van der Waals surface area contributed by atoms with Crippen molar-refractivity contribution >= 4 is 18.0 Å². The molecule has 1 unspecified atom stereocenters. The number of methoxy groups -OCH3 is 2. The van der Waals surface area contributed by atoms with E-state index in [4.69, 9.17) is 19.3 Å². The van der Waals surface area contributed by atoms with Gasteiger partial charge in [0.1, 0.15) is 0 Å². The van der Waals surface area contributed by atoms with Crippen LogP contribution in [0.2, 0.25) is 0 Å². The number of rotatable bonds is 6. The third-order valence-corrected chi connectivity index (χ3v) is 3.42. The van der Waals surface area contributed by atoms with Crippen LogP contribution in [-0.2, 0) is 9.59 Å². The largest absolute Gasteiger partial charge is 0.493 e. The van der Waals surface area contributed by atoms with Gasteiger partial charge in [0.2, 0.25) is 5.75 Å². The van der Waals surface area contributed by atoms with Crippen LogP contribution >= 0.6 is 0 Å². The molecule has 6 nitrogen and oxygen atoms in total. The van der Waals surface area contributed by atoms with Gasteiger partial charge >= 0.3 is 11.9 Å². The van der Waals surface area contributed by atoms with Gasteiger partial charge in [-0.15, -0.1) is 0 Å². The number of carboxylic acid groups (broad SMARTS) is 1. The molecule has 1 aromatic rings. The van der Waals surface area contributed by atoms with Crippen LogP contribution in [0.15, 0.2) is 30.4 Å². The Morgan fingerprint density at radius 3 is 2.35 bits per heavy atom. The van der Waals surface area contributed by atoms with E-state index in [1.165, 1.54) is 20.3 Å². The number of esters is 1. The van der Waals surface area contributed by atoms with Crippen molar-refractivity contribution in [3.63, 3.8) is 0 Å². The molecule has 1 N–H and O–H groups in total. The van der Waals surface area contributed by atoms with Crippen molar-refractivity contribution in [1.29, 1.82) is 0 Å². The molecule has 0 aromatic heterocycles. The average molecular weight is 318 g/mol. The van der Waals surface area contributed by atoms with E-state index >= 15 is 0 Å². The zero-order valence-corrected chi connectivity index (χ0v) is 12.9. The molecule has 23 heavy (non-hydrogen) atoms. The molecule has 1 aromatic carbocycles. The number of carbonyl (C=O) groups is 2. The summed E-state index contributed by atoms with van der Waals surface area (Å²) in [4.78, 5) is 22.8. The third-order valence-electron chi connectivity index (χ3n) is 3.42. The van der Waals surface area contributed by atoms with E-state index in [0.29, 0.717) is 17.1 Å². The summed E-state index contributed by atoms with van der Waals surface area (Å²) >= 11 is 0. The molecular formula is C17H18O6. The Morgan fingerprint density at radius 1 is 1.22 bits per heavy atom. The highest BCUT2D eigenvalue weighted by atomic mass is 16.6. The quantitative estimate of drug-likeness (QED) is 0.376.